The van der Waals surface area contributed by atoms with Crippen LogP contribution in [0.4, 0.5) is 0 Å². The van der Waals surface area contributed by atoms with Gasteiger partial charge < -0.3 is 15.0 Å². The zero-order valence-corrected chi connectivity index (χ0v) is 21.9. The summed E-state index contributed by atoms with van der Waals surface area (Å²) in [5.74, 6) is 0.0393. The molecule has 0 aliphatic rings. The fourth-order valence-corrected chi connectivity index (χ4v) is 3.91. The largest absolute Gasteiger partial charge is 0.484 e. The minimum Gasteiger partial charge on any atom is -0.484 e. The third-order valence-electron chi connectivity index (χ3n) is 5.27. The van der Waals surface area contributed by atoms with E-state index < -0.39 is 6.04 Å². The van der Waals surface area contributed by atoms with Gasteiger partial charge in [0, 0.05) is 32.7 Å². The molecule has 2 rings (SSSR count). The van der Waals surface area contributed by atoms with E-state index in [-0.39, 0.29) is 31.0 Å². The number of ether oxygens (including phenoxy) is 1. The zero-order valence-electron chi connectivity index (χ0n) is 18.8. The van der Waals surface area contributed by atoms with E-state index in [9.17, 15) is 9.59 Å². The first-order valence-corrected chi connectivity index (χ1v) is 12.1. The number of benzene rings is 2. The molecule has 0 unspecified atom stereocenters. The van der Waals surface area contributed by atoms with Crippen molar-refractivity contribution in [1.82, 2.24) is 10.2 Å². The number of aryl methyl sites for hydroxylation is 1. The van der Waals surface area contributed by atoms with Gasteiger partial charge in [-0.05, 0) is 62.6 Å². The van der Waals surface area contributed by atoms with E-state index in [4.69, 9.17) is 27.9 Å². The molecule has 5 nitrogen and oxygen atoms in total. The van der Waals surface area contributed by atoms with Crippen molar-refractivity contribution in [2.24, 2.45) is 0 Å². The Kier molecular flexibility index (Phi) is 10.3. The van der Waals surface area contributed by atoms with Gasteiger partial charge in [0.25, 0.3) is 5.91 Å². The molecule has 8 heteroatoms. The smallest absolute Gasteiger partial charge is 0.261 e. The summed E-state index contributed by atoms with van der Waals surface area (Å²) in [5.41, 5.74) is 1.59. The van der Waals surface area contributed by atoms with Crippen LogP contribution in [0.25, 0.3) is 0 Å². The van der Waals surface area contributed by atoms with Crippen molar-refractivity contribution in [3.05, 3.63) is 62.0 Å². The number of carbonyl (C=O) groups excluding carboxylic acids is 2. The number of nitrogens with one attached hydrogen (secondary N) is 1. The number of hydrogen-bond donors (Lipinski definition) is 1. The van der Waals surface area contributed by atoms with Gasteiger partial charge in [0.2, 0.25) is 5.91 Å². The number of rotatable bonds is 10. The fraction of sp³-hybridized carbons (Fsp3) is 0.417. The summed E-state index contributed by atoms with van der Waals surface area (Å²) in [5, 5.41) is 3.86. The van der Waals surface area contributed by atoms with Crippen molar-refractivity contribution < 1.29 is 14.3 Å². The fourth-order valence-electron chi connectivity index (χ4n) is 3.15. The van der Waals surface area contributed by atoms with Crippen molar-refractivity contribution in [2.45, 2.75) is 59.2 Å². The second kappa shape index (κ2) is 12.5. The van der Waals surface area contributed by atoms with Crippen LogP contribution in [0.2, 0.25) is 10.0 Å². The summed E-state index contributed by atoms with van der Waals surface area (Å²) in [7, 11) is 0. The molecule has 32 heavy (non-hydrogen) atoms. The quantitative estimate of drug-likeness (QED) is 0.390. The normalized spacial score (nSPS) is 12.7. The monoisotopic (exact) mass is 542 g/mol. The van der Waals surface area contributed by atoms with Crippen LogP contribution in [-0.2, 0) is 16.1 Å². The van der Waals surface area contributed by atoms with Crippen LogP contribution in [0.5, 0.6) is 5.75 Å². The second-order valence-electron chi connectivity index (χ2n) is 7.66. The predicted octanol–water partition coefficient (Wildman–Crippen LogP) is 6.17. The first-order chi connectivity index (χ1) is 15.2. The Morgan fingerprint density at radius 2 is 1.78 bits per heavy atom. The van der Waals surface area contributed by atoms with Gasteiger partial charge in [-0.3, -0.25) is 9.59 Å². The Labute approximate surface area is 208 Å². The van der Waals surface area contributed by atoms with Crippen LogP contribution in [0.3, 0.4) is 0 Å². The lowest BCUT2D eigenvalue weighted by atomic mass is 10.1. The maximum atomic E-state index is 13.3. The maximum Gasteiger partial charge on any atom is 0.261 e. The molecule has 1 N–H and O–H groups in total. The summed E-state index contributed by atoms with van der Waals surface area (Å²) in [6.45, 7) is 7.63. The van der Waals surface area contributed by atoms with Gasteiger partial charge in [-0.15, -0.1) is 0 Å². The lowest BCUT2D eigenvalue weighted by molar-refractivity contribution is -0.143. The van der Waals surface area contributed by atoms with E-state index in [1.165, 1.54) is 4.90 Å². The van der Waals surface area contributed by atoms with Crippen LogP contribution in [-0.4, -0.2) is 35.4 Å². The molecule has 0 radical (unpaired) electrons. The summed E-state index contributed by atoms with van der Waals surface area (Å²) in [6, 6.07) is 9.99. The number of amides is 2. The number of carbonyl (C=O) groups is 2. The molecule has 2 aromatic rings. The maximum absolute atomic E-state index is 13.3. The van der Waals surface area contributed by atoms with Crippen LogP contribution in [0, 0.1) is 6.92 Å². The SMILES string of the molecule is CC[C@H](C(=O)N[C@@H](C)CC)N(Cc1c(Cl)cccc1Cl)C(=O)COc1ccc(Br)c(C)c1. The minimum atomic E-state index is -0.681. The van der Waals surface area contributed by atoms with Crippen molar-refractivity contribution in [1.29, 1.82) is 0 Å². The summed E-state index contributed by atoms with van der Waals surface area (Å²) in [6.07, 6.45) is 1.23. The van der Waals surface area contributed by atoms with E-state index in [2.05, 4.69) is 21.2 Å². The Hall–Kier alpha value is -1.76. The lowest BCUT2D eigenvalue weighted by Crippen LogP contribution is -2.51. The Morgan fingerprint density at radius 1 is 1.12 bits per heavy atom. The standard InChI is InChI=1S/C24H29BrCl2N2O3/c1-5-16(4)28-24(31)22(6-2)29(13-18-20(26)8-7-9-21(18)27)23(30)14-32-17-10-11-19(25)15(3)12-17/h7-12,16,22H,5-6,13-14H2,1-4H3,(H,28,31)/t16-,22+/m0/s1. The molecule has 0 fully saturated rings. The van der Waals surface area contributed by atoms with E-state index in [0.29, 0.717) is 27.8 Å². The molecule has 2 atom stereocenters. The van der Waals surface area contributed by atoms with Crippen molar-refractivity contribution >= 4 is 50.9 Å². The highest BCUT2D eigenvalue weighted by Crippen LogP contribution is 2.27. The molecule has 0 aliphatic heterocycles. The molecule has 0 saturated heterocycles. The molecule has 0 bridgehead atoms. The molecule has 0 spiro atoms. The molecule has 174 valence electrons. The summed E-state index contributed by atoms with van der Waals surface area (Å²) < 4.78 is 6.71. The van der Waals surface area contributed by atoms with Gasteiger partial charge in [0.05, 0.1) is 0 Å². The van der Waals surface area contributed by atoms with Gasteiger partial charge in [0.1, 0.15) is 11.8 Å². The van der Waals surface area contributed by atoms with Crippen LogP contribution in [0.15, 0.2) is 40.9 Å². The molecular weight excluding hydrogens is 515 g/mol. The number of halogens is 3. The Morgan fingerprint density at radius 3 is 2.34 bits per heavy atom. The molecule has 0 aliphatic carbocycles. The van der Waals surface area contributed by atoms with Gasteiger partial charge >= 0.3 is 0 Å². The van der Waals surface area contributed by atoms with Gasteiger partial charge in [-0.1, -0.05) is 59.0 Å². The molecule has 2 amide bonds. The first kappa shape index (κ1) is 26.5. The summed E-state index contributed by atoms with van der Waals surface area (Å²) in [4.78, 5) is 27.8. The van der Waals surface area contributed by atoms with Crippen LogP contribution in [0.1, 0.15) is 44.7 Å². The zero-order chi connectivity index (χ0) is 23.8. The molecule has 0 saturated carbocycles. The van der Waals surface area contributed by atoms with E-state index in [1.54, 1.807) is 24.3 Å². The Balaban J connectivity index is 2.29. The van der Waals surface area contributed by atoms with Gasteiger partial charge in [-0.25, -0.2) is 0 Å². The van der Waals surface area contributed by atoms with Gasteiger partial charge in [0.15, 0.2) is 6.61 Å². The third kappa shape index (κ3) is 7.12. The van der Waals surface area contributed by atoms with Crippen molar-refractivity contribution in [3.8, 4) is 5.75 Å². The summed E-state index contributed by atoms with van der Waals surface area (Å²) >= 11 is 16.2. The predicted molar refractivity (Wildman–Crippen MR) is 133 cm³/mol. The van der Waals surface area contributed by atoms with Crippen molar-refractivity contribution in [2.75, 3.05) is 6.61 Å². The molecule has 0 aromatic heterocycles. The topological polar surface area (TPSA) is 58.6 Å². The highest BCUT2D eigenvalue weighted by molar-refractivity contribution is 9.10. The first-order valence-electron chi connectivity index (χ1n) is 10.6. The van der Waals surface area contributed by atoms with Crippen molar-refractivity contribution in [3.63, 3.8) is 0 Å². The van der Waals surface area contributed by atoms with E-state index in [1.807, 2.05) is 39.8 Å². The highest BCUT2D eigenvalue weighted by Gasteiger charge is 2.30. The minimum absolute atomic E-state index is 0.000561. The second-order valence-corrected chi connectivity index (χ2v) is 9.33. The Bertz CT molecular complexity index is 935. The molecule has 2 aromatic carbocycles. The number of nitrogens with zero attached hydrogens (tertiary/aromatic N) is 1. The lowest BCUT2D eigenvalue weighted by Gasteiger charge is -2.32. The molecular formula is C24H29BrCl2N2O3. The van der Waals surface area contributed by atoms with Crippen LogP contribution >= 0.6 is 39.1 Å². The van der Waals surface area contributed by atoms with E-state index >= 15 is 0 Å². The van der Waals surface area contributed by atoms with Crippen LogP contribution < -0.4 is 10.1 Å². The molecule has 0 heterocycles. The van der Waals surface area contributed by atoms with E-state index in [0.717, 1.165) is 16.5 Å². The number of hydrogen-bond acceptors (Lipinski definition) is 3. The third-order valence-corrected chi connectivity index (χ3v) is 6.87. The van der Waals surface area contributed by atoms with Gasteiger partial charge in [-0.2, -0.15) is 0 Å². The average molecular weight is 544 g/mol. The average Bonchev–Trinajstić information content (AvgIpc) is 2.76. The highest BCUT2D eigenvalue weighted by atomic mass is 79.9.